The smallest absolute Gasteiger partial charge is 0.231 e. The van der Waals surface area contributed by atoms with Crippen LogP contribution in [0.25, 0.3) is 0 Å². The highest BCUT2D eigenvalue weighted by atomic mass is 35.5. The molecule has 1 aliphatic heterocycles. The van der Waals surface area contributed by atoms with Crippen LogP contribution in [0.1, 0.15) is 5.69 Å². The first-order chi connectivity index (χ1) is 8.83. The topological polar surface area (TPSA) is 43.4 Å². The third-order valence-corrected chi connectivity index (χ3v) is 2.96. The first kappa shape index (κ1) is 11.2. The number of halogens is 1. The van der Waals surface area contributed by atoms with E-state index >= 15 is 0 Å². The number of rotatable bonds is 3. The molecule has 2 heterocycles. The number of hydrogen-bond acceptors (Lipinski definition) is 4. The predicted octanol–water partition coefficient (Wildman–Crippen LogP) is 3.08. The third kappa shape index (κ3) is 2.19. The lowest BCUT2D eigenvalue weighted by Gasteiger charge is -2.09. The number of nitrogens with one attached hydrogen (secondary N) is 1. The number of anilines is 1. The molecular formula is C13H11ClN2O2. The molecule has 0 saturated carbocycles. The first-order valence-electron chi connectivity index (χ1n) is 5.56. The number of fused-ring (bicyclic) bond motifs is 1. The summed E-state index contributed by atoms with van der Waals surface area (Å²) in [4.78, 5) is 4.23. The Bertz CT molecular complexity index is 560. The Morgan fingerprint density at radius 2 is 2.06 bits per heavy atom. The second-order valence-corrected chi connectivity index (χ2v) is 4.27. The minimum atomic E-state index is 0.245. The van der Waals surface area contributed by atoms with Crippen molar-refractivity contribution < 1.29 is 9.47 Å². The van der Waals surface area contributed by atoms with Gasteiger partial charge in [0.2, 0.25) is 6.79 Å². The van der Waals surface area contributed by atoms with Crippen LogP contribution in [0.5, 0.6) is 11.5 Å². The number of benzene rings is 1. The molecular weight excluding hydrogens is 252 g/mol. The lowest BCUT2D eigenvalue weighted by molar-refractivity contribution is 0.174. The van der Waals surface area contributed by atoms with Crippen molar-refractivity contribution in [2.24, 2.45) is 0 Å². The second kappa shape index (κ2) is 4.74. The van der Waals surface area contributed by atoms with Crippen molar-refractivity contribution in [3.05, 3.63) is 47.2 Å². The van der Waals surface area contributed by atoms with Gasteiger partial charge in [0, 0.05) is 18.3 Å². The molecule has 1 aromatic carbocycles. The average molecular weight is 263 g/mol. The van der Waals surface area contributed by atoms with Gasteiger partial charge in [-0.2, -0.15) is 0 Å². The highest BCUT2D eigenvalue weighted by Crippen LogP contribution is 2.39. The summed E-state index contributed by atoms with van der Waals surface area (Å²) in [5.74, 6) is 1.39. The van der Waals surface area contributed by atoms with Crippen molar-refractivity contribution in [3.63, 3.8) is 0 Å². The Balaban J connectivity index is 1.77. The van der Waals surface area contributed by atoms with E-state index in [-0.39, 0.29) is 6.79 Å². The lowest BCUT2D eigenvalue weighted by atomic mass is 10.2. The maximum absolute atomic E-state index is 6.16. The molecule has 4 nitrogen and oxygen atoms in total. The molecule has 2 aromatic rings. The van der Waals surface area contributed by atoms with Gasteiger partial charge in [-0.1, -0.05) is 17.7 Å². The molecule has 18 heavy (non-hydrogen) atoms. The van der Waals surface area contributed by atoms with Gasteiger partial charge in [0.1, 0.15) is 0 Å². The van der Waals surface area contributed by atoms with Crippen molar-refractivity contribution in [2.75, 3.05) is 12.1 Å². The zero-order valence-electron chi connectivity index (χ0n) is 9.52. The number of pyridine rings is 1. The van der Waals surface area contributed by atoms with Crippen LogP contribution in [0.3, 0.4) is 0 Å². The van der Waals surface area contributed by atoms with Gasteiger partial charge >= 0.3 is 0 Å². The molecule has 1 aromatic heterocycles. The first-order valence-corrected chi connectivity index (χ1v) is 5.93. The van der Waals surface area contributed by atoms with Gasteiger partial charge in [-0.05, 0) is 12.1 Å². The summed E-state index contributed by atoms with van der Waals surface area (Å²) in [5, 5.41) is 3.84. The van der Waals surface area contributed by atoms with E-state index in [0.717, 1.165) is 11.4 Å². The lowest BCUT2D eigenvalue weighted by Crippen LogP contribution is -2.01. The number of aromatic nitrogens is 1. The van der Waals surface area contributed by atoms with E-state index < -0.39 is 0 Å². The maximum Gasteiger partial charge on any atom is 0.231 e. The molecule has 3 rings (SSSR count). The molecule has 0 saturated heterocycles. The predicted molar refractivity (Wildman–Crippen MR) is 69.1 cm³/mol. The average Bonchev–Trinajstić information content (AvgIpc) is 2.84. The van der Waals surface area contributed by atoms with E-state index in [1.165, 1.54) is 0 Å². The summed E-state index contributed by atoms with van der Waals surface area (Å²) < 4.78 is 10.6. The van der Waals surface area contributed by atoms with E-state index in [0.29, 0.717) is 23.1 Å². The van der Waals surface area contributed by atoms with Crippen LogP contribution in [0, 0.1) is 0 Å². The highest BCUT2D eigenvalue weighted by molar-refractivity contribution is 6.33. The Hall–Kier alpha value is -1.94. The molecule has 0 unspecified atom stereocenters. The molecule has 0 spiro atoms. The van der Waals surface area contributed by atoms with Gasteiger partial charge in [-0.15, -0.1) is 0 Å². The summed E-state index contributed by atoms with van der Waals surface area (Å²) in [6.07, 6.45) is 1.76. The quantitative estimate of drug-likeness (QED) is 0.923. The molecule has 1 aliphatic rings. The summed E-state index contributed by atoms with van der Waals surface area (Å²) in [7, 11) is 0. The molecule has 5 heteroatoms. The van der Waals surface area contributed by atoms with E-state index in [9.17, 15) is 0 Å². The Labute approximate surface area is 110 Å². The van der Waals surface area contributed by atoms with E-state index in [1.807, 2.05) is 24.3 Å². The number of ether oxygens (including phenoxy) is 2. The summed E-state index contributed by atoms with van der Waals surface area (Å²) >= 11 is 6.16. The van der Waals surface area contributed by atoms with Gasteiger partial charge in [0.15, 0.2) is 11.5 Å². The van der Waals surface area contributed by atoms with Crippen LogP contribution >= 0.6 is 11.6 Å². The monoisotopic (exact) mass is 262 g/mol. The Morgan fingerprint density at radius 1 is 1.22 bits per heavy atom. The number of hydrogen-bond donors (Lipinski definition) is 1. The fraction of sp³-hybridized carbons (Fsp3) is 0.154. The van der Waals surface area contributed by atoms with Crippen LogP contribution in [0.15, 0.2) is 36.5 Å². The SMILES string of the molecule is Clc1cc2c(cc1NCc1ccccn1)OCO2. The van der Waals surface area contributed by atoms with Crippen molar-refractivity contribution in [2.45, 2.75) is 6.54 Å². The minimum Gasteiger partial charge on any atom is -0.454 e. The molecule has 1 N–H and O–H groups in total. The maximum atomic E-state index is 6.16. The molecule has 0 atom stereocenters. The van der Waals surface area contributed by atoms with Gasteiger partial charge in [0.25, 0.3) is 0 Å². The summed E-state index contributed by atoms with van der Waals surface area (Å²) in [5.41, 5.74) is 1.76. The Morgan fingerprint density at radius 3 is 2.83 bits per heavy atom. The molecule has 0 radical (unpaired) electrons. The second-order valence-electron chi connectivity index (χ2n) is 3.86. The van der Waals surface area contributed by atoms with Crippen molar-refractivity contribution >= 4 is 17.3 Å². The van der Waals surface area contributed by atoms with Crippen LogP contribution < -0.4 is 14.8 Å². The fourth-order valence-corrected chi connectivity index (χ4v) is 1.96. The van der Waals surface area contributed by atoms with E-state index in [1.54, 1.807) is 12.3 Å². The summed E-state index contributed by atoms with van der Waals surface area (Å²) in [6, 6.07) is 9.38. The zero-order valence-corrected chi connectivity index (χ0v) is 10.3. The molecule has 0 amide bonds. The minimum absolute atomic E-state index is 0.245. The van der Waals surface area contributed by atoms with Gasteiger partial charge < -0.3 is 14.8 Å². The third-order valence-electron chi connectivity index (χ3n) is 2.65. The van der Waals surface area contributed by atoms with Crippen molar-refractivity contribution in [1.82, 2.24) is 4.98 Å². The fourth-order valence-electron chi connectivity index (χ4n) is 1.74. The van der Waals surface area contributed by atoms with Crippen LogP contribution in [-0.2, 0) is 6.54 Å². The van der Waals surface area contributed by atoms with Gasteiger partial charge in [-0.25, -0.2) is 0 Å². The molecule has 0 fully saturated rings. The highest BCUT2D eigenvalue weighted by Gasteiger charge is 2.16. The van der Waals surface area contributed by atoms with Crippen molar-refractivity contribution in [3.8, 4) is 11.5 Å². The standard InChI is InChI=1S/C13H11ClN2O2/c14-10-5-12-13(18-8-17-12)6-11(10)16-7-9-3-1-2-4-15-9/h1-6,16H,7-8H2. The molecule has 0 bridgehead atoms. The number of nitrogens with zero attached hydrogens (tertiary/aromatic N) is 1. The van der Waals surface area contributed by atoms with Crippen LogP contribution in [0.2, 0.25) is 5.02 Å². The van der Waals surface area contributed by atoms with Gasteiger partial charge in [-0.3, -0.25) is 4.98 Å². The normalized spacial score (nSPS) is 12.5. The Kier molecular flexibility index (Phi) is 2.94. The van der Waals surface area contributed by atoms with Crippen LogP contribution in [0.4, 0.5) is 5.69 Å². The summed E-state index contributed by atoms with van der Waals surface area (Å²) in [6.45, 7) is 0.857. The molecule has 0 aliphatic carbocycles. The van der Waals surface area contributed by atoms with Gasteiger partial charge in [0.05, 0.1) is 22.9 Å². The largest absolute Gasteiger partial charge is 0.454 e. The van der Waals surface area contributed by atoms with E-state index in [2.05, 4.69) is 10.3 Å². The van der Waals surface area contributed by atoms with Crippen molar-refractivity contribution in [1.29, 1.82) is 0 Å². The van der Waals surface area contributed by atoms with E-state index in [4.69, 9.17) is 21.1 Å². The van der Waals surface area contributed by atoms with Crippen LogP contribution in [-0.4, -0.2) is 11.8 Å². The molecule has 92 valence electrons. The zero-order chi connectivity index (χ0) is 12.4.